The van der Waals surface area contributed by atoms with Crippen LogP contribution in [0.15, 0.2) is 72.9 Å². The van der Waals surface area contributed by atoms with Crippen LogP contribution in [-0.4, -0.2) is 49.8 Å². The molecule has 0 radical (unpaired) electrons. The van der Waals surface area contributed by atoms with Crippen molar-refractivity contribution < 1.29 is 23.5 Å². The Kier molecular flexibility index (Phi) is 7.59. The molecule has 1 N–H and O–H groups in total. The summed E-state index contributed by atoms with van der Waals surface area (Å²) >= 11 is 5.89. The molecular formula is C30H27ClFN5O4. The molecule has 1 aliphatic heterocycles. The predicted octanol–water partition coefficient (Wildman–Crippen LogP) is 5.39. The highest BCUT2D eigenvalue weighted by atomic mass is 35.5. The monoisotopic (exact) mass is 575 g/mol. The van der Waals surface area contributed by atoms with Crippen molar-refractivity contribution in [2.24, 2.45) is 0 Å². The van der Waals surface area contributed by atoms with E-state index in [2.05, 4.69) is 15.6 Å². The van der Waals surface area contributed by atoms with Crippen LogP contribution in [0.5, 0.6) is 0 Å². The Labute approximate surface area is 240 Å². The minimum absolute atomic E-state index is 0.0390. The number of fused-ring (bicyclic) bond motifs is 1. The van der Waals surface area contributed by atoms with Gasteiger partial charge in [0.25, 0.3) is 11.8 Å². The highest BCUT2D eigenvalue weighted by Crippen LogP contribution is 2.32. The zero-order valence-corrected chi connectivity index (χ0v) is 23.4. The first-order chi connectivity index (χ1) is 19.5. The highest BCUT2D eigenvalue weighted by molar-refractivity contribution is 6.30. The number of hydrogen-bond donors (Lipinski definition) is 1. The van der Waals surface area contributed by atoms with E-state index in [1.54, 1.807) is 57.2 Å². The molecular weight excluding hydrogens is 549 g/mol. The number of benzene rings is 3. The summed E-state index contributed by atoms with van der Waals surface area (Å²) in [4.78, 5) is 41.1. The number of aromatic nitrogens is 3. The number of amides is 2. The van der Waals surface area contributed by atoms with Gasteiger partial charge in [-0.1, -0.05) is 47.1 Å². The number of anilines is 1. The van der Waals surface area contributed by atoms with Crippen molar-refractivity contribution in [3.63, 3.8) is 0 Å². The van der Waals surface area contributed by atoms with Gasteiger partial charge >= 0.3 is 5.97 Å². The van der Waals surface area contributed by atoms with E-state index in [-0.39, 0.29) is 22.9 Å². The Morgan fingerprint density at radius 2 is 1.76 bits per heavy atom. The highest BCUT2D eigenvalue weighted by Gasteiger charge is 2.37. The van der Waals surface area contributed by atoms with Crippen LogP contribution in [0.1, 0.15) is 58.8 Å². The van der Waals surface area contributed by atoms with Gasteiger partial charge < -0.3 is 15.0 Å². The van der Waals surface area contributed by atoms with Gasteiger partial charge in [-0.15, -0.1) is 5.10 Å². The van der Waals surface area contributed by atoms with Crippen LogP contribution in [0.2, 0.25) is 5.02 Å². The Morgan fingerprint density at radius 1 is 1.02 bits per heavy atom. The summed E-state index contributed by atoms with van der Waals surface area (Å²) in [6.07, 6.45) is 1.84. The fourth-order valence-electron chi connectivity index (χ4n) is 4.60. The fraction of sp³-hybridized carbons (Fsp3) is 0.233. The molecule has 41 heavy (non-hydrogen) atoms. The van der Waals surface area contributed by atoms with Gasteiger partial charge in [-0.2, -0.15) is 0 Å². The molecule has 1 unspecified atom stereocenters. The molecule has 0 spiro atoms. The summed E-state index contributed by atoms with van der Waals surface area (Å²) in [6, 6.07) is 17.2. The number of carbonyl (C=O) groups excluding carboxylic acids is 3. The van der Waals surface area contributed by atoms with E-state index in [1.165, 1.54) is 23.2 Å². The topological polar surface area (TPSA) is 106 Å². The lowest BCUT2D eigenvalue weighted by molar-refractivity contribution is -0.121. The summed E-state index contributed by atoms with van der Waals surface area (Å²) in [6.45, 7) is 5.60. The fourth-order valence-corrected chi connectivity index (χ4v) is 4.77. The lowest BCUT2D eigenvalue weighted by atomic mass is 9.91. The normalized spacial score (nSPS) is 14.8. The van der Waals surface area contributed by atoms with Crippen molar-refractivity contribution in [3.8, 4) is 5.69 Å². The SMILES string of the molecule is CC(C)(C)OC(=O)c1ccc(NC(=O)C2c3ccccc3CCN2C(=O)c2cn(-c3cccc(Cl)c3F)nn2)cc1. The lowest BCUT2D eigenvalue weighted by Crippen LogP contribution is -2.45. The molecule has 0 saturated carbocycles. The molecule has 5 rings (SSSR count). The van der Waals surface area contributed by atoms with Crippen LogP contribution in [0.4, 0.5) is 10.1 Å². The summed E-state index contributed by atoms with van der Waals surface area (Å²) in [5.74, 6) is -2.14. The van der Waals surface area contributed by atoms with Crippen molar-refractivity contribution in [2.75, 3.05) is 11.9 Å². The Balaban J connectivity index is 1.40. The Morgan fingerprint density at radius 3 is 2.49 bits per heavy atom. The molecule has 4 aromatic rings. The predicted molar refractivity (Wildman–Crippen MR) is 150 cm³/mol. The van der Waals surface area contributed by atoms with E-state index in [0.717, 1.165) is 10.2 Å². The minimum atomic E-state index is -0.967. The largest absolute Gasteiger partial charge is 0.456 e. The molecule has 0 saturated heterocycles. The second-order valence-corrected chi connectivity index (χ2v) is 10.9. The van der Waals surface area contributed by atoms with E-state index < -0.39 is 35.2 Å². The molecule has 0 fully saturated rings. The van der Waals surface area contributed by atoms with Gasteiger partial charge in [-0.25, -0.2) is 13.9 Å². The third-order valence-corrected chi connectivity index (χ3v) is 6.76. The quantitative estimate of drug-likeness (QED) is 0.320. The molecule has 1 atom stereocenters. The molecule has 1 aliphatic rings. The molecule has 2 heterocycles. The smallest absolute Gasteiger partial charge is 0.338 e. The van der Waals surface area contributed by atoms with Crippen LogP contribution in [0, 0.1) is 5.82 Å². The van der Waals surface area contributed by atoms with Crippen LogP contribution in [-0.2, 0) is 16.0 Å². The van der Waals surface area contributed by atoms with E-state index in [1.807, 2.05) is 18.2 Å². The summed E-state index contributed by atoms with van der Waals surface area (Å²) in [5.41, 5.74) is 1.77. The maximum atomic E-state index is 14.5. The zero-order chi connectivity index (χ0) is 29.3. The molecule has 9 nitrogen and oxygen atoms in total. The minimum Gasteiger partial charge on any atom is -0.456 e. The Hall–Kier alpha value is -4.57. The number of nitrogens with zero attached hydrogens (tertiary/aromatic N) is 4. The molecule has 0 bridgehead atoms. The summed E-state index contributed by atoms with van der Waals surface area (Å²) < 4.78 is 21.1. The van der Waals surface area contributed by atoms with Crippen LogP contribution in [0.25, 0.3) is 5.69 Å². The zero-order valence-electron chi connectivity index (χ0n) is 22.6. The van der Waals surface area contributed by atoms with Crippen molar-refractivity contribution >= 4 is 35.1 Å². The second kappa shape index (κ2) is 11.1. The number of ether oxygens (including phenoxy) is 1. The number of halogens is 2. The first-order valence-electron chi connectivity index (χ1n) is 12.9. The molecule has 0 aliphatic carbocycles. The van der Waals surface area contributed by atoms with E-state index in [4.69, 9.17) is 16.3 Å². The van der Waals surface area contributed by atoms with Gasteiger partial charge in [0.1, 0.15) is 17.3 Å². The molecule has 210 valence electrons. The van der Waals surface area contributed by atoms with Crippen LogP contribution < -0.4 is 5.32 Å². The van der Waals surface area contributed by atoms with Crippen LogP contribution >= 0.6 is 11.6 Å². The van der Waals surface area contributed by atoms with Crippen molar-refractivity contribution in [1.29, 1.82) is 0 Å². The molecule has 2 amide bonds. The van der Waals surface area contributed by atoms with Crippen molar-refractivity contribution in [1.82, 2.24) is 19.9 Å². The van der Waals surface area contributed by atoms with Crippen molar-refractivity contribution in [3.05, 3.63) is 106 Å². The first kappa shape index (κ1) is 28.0. The van der Waals surface area contributed by atoms with Gasteiger partial charge in [0.05, 0.1) is 16.8 Å². The third kappa shape index (κ3) is 5.97. The number of rotatable bonds is 5. The van der Waals surface area contributed by atoms with Gasteiger partial charge in [-0.3, -0.25) is 9.59 Å². The number of hydrogen-bond acceptors (Lipinski definition) is 6. The average Bonchev–Trinajstić information content (AvgIpc) is 3.43. The average molecular weight is 576 g/mol. The standard InChI is InChI=1S/C30H27ClFN5O4/c1-30(2,3)41-29(40)19-11-13-20(14-12-19)33-27(38)26-21-8-5-4-7-18(21)15-16-36(26)28(39)23-17-37(35-34-23)24-10-6-9-22(31)25(24)32/h4-14,17,26H,15-16H2,1-3H3,(H,33,38). The third-order valence-electron chi connectivity index (χ3n) is 6.47. The Bertz CT molecular complexity index is 1630. The van der Waals surface area contributed by atoms with Gasteiger partial charge in [-0.05, 0) is 74.7 Å². The number of carbonyl (C=O) groups is 3. The molecule has 1 aromatic heterocycles. The first-order valence-corrected chi connectivity index (χ1v) is 13.3. The van der Waals surface area contributed by atoms with E-state index in [0.29, 0.717) is 23.2 Å². The van der Waals surface area contributed by atoms with Gasteiger partial charge in [0, 0.05) is 12.2 Å². The second-order valence-electron chi connectivity index (χ2n) is 10.5. The lowest BCUT2D eigenvalue weighted by Gasteiger charge is -2.36. The summed E-state index contributed by atoms with van der Waals surface area (Å²) in [5, 5.41) is 10.6. The van der Waals surface area contributed by atoms with Crippen molar-refractivity contribution in [2.45, 2.75) is 38.8 Å². The van der Waals surface area contributed by atoms with Crippen LogP contribution in [0.3, 0.4) is 0 Å². The maximum Gasteiger partial charge on any atom is 0.338 e. The molecule has 3 aromatic carbocycles. The van der Waals surface area contributed by atoms with Gasteiger partial charge in [0.15, 0.2) is 11.5 Å². The van der Waals surface area contributed by atoms with E-state index >= 15 is 0 Å². The maximum absolute atomic E-state index is 14.5. The van der Waals surface area contributed by atoms with Gasteiger partial charge in [0.2, 0.25) is 0 Å². The number of nitrogens with one attached hydrogen (secondary N) is 1. The summed E-state index contributed by atoms with van der Waals surface area (Å²) in [7, 11) is 0. The molecule has 11 heteroatoms. The van der Waals surface area contributed by atoms with E-state index in [9.17, 15) is 18.8 Å². The number of esters is 1.